The van der Waals surface area contributed by atoms with Gasteiger partial charge in [-0.25, -0.2) is 9.59 Å². The molecule has 3 aromatic rings. The van der Waals surface area contributed by atoms with Crippen molar-refractivity contribution < 1.29 is 8.83 Å². The molecule has 0 unspecified atom stereocenters. The maximum absolute atomic E-state index is 12.0. The minimum absolute atomic E-state index is 0.250. The van der Waals surface area contributed by atoms with Gasteiger partial charge in [0, 0.05) is 17.7 Å². The van der Waals surface area contributed by atoms with Gasteiger partial charge in [-0.15, -0.1) is 0 Å². The zero-order chi connectivity index (χ0) is 13.4. The number of fused-ring (bicyclic) bond motifs is 1. The number of hydrogen-bond acceptors (Lipinski definition) is 4. The van der Waals surface area contributed by atoms with Gasteiger partial charge in [0.15, 0.2) is 0 Å². The molecule has 4 nitrogen and oxygen atoms in total. The zero-order valence-electron chi connectivity index (χ0n) is 10.2. The van der Waals surface area contributed by atoms with E-state index in [0.29, 0.717) is 11.3 Å². The van der Waals surface area contributed by atoms with Crippen molar-refractivity contribution in [3.8, 4) is 11.1 Å². The summed E-state index contributed by atoms with van der Waals surface area (Å²) in [7, 11) is 0. The molecule has 2 heterocycles. The van der Waals surface area contributed by atoms with Crippen LogP contribution in [-0.4, -0.2) is 0 Å². The highest BCUT2D eigenvalue weighted by Crippen LogP contribution is 2.24. The number of rotatable bonds is 1. The monoisotopic (exact) mass is 254 g/mol. The van der Waals surface area contributed by atoms with E-state index in [1.807, 2.05) is 30.3 Å². The van der Waals surface area contributed by atoms with Crippen LogP contribution in [0.4, 0.5) is 0 Å². The molecule has 0 spiro atoms. The van der Waals surface area contributed by atoms with Gasteiger partial charge in [0.25, 0.3) is 0 Å². The lowest BCUT2D eigenvalue weighted by atomic mass is 10.0. The van der Waals surface area contributed by atoms with Crippen LogP contribution in [0.2, 0.25) is 0 Å². The van der Waals surface area contributed by atoms with Crippen LogP contribution in [-0.2, 0) is 0 Å². The molecule has 4 heteroatoms. The molecule has 0 bridgehead atoms. The Kier molecular flexibility index (Phi) is 2.56. The van der Waals surface area contributed by atoms with Gasteiger partial charge in [0.05, 0.1) is 0 Å². The summed E-state index contributed by atoms with van der Waals surface area (Å²) in [6, 6.07) is 12.1. The van der Waals surface area contributed by atoms with Gasteiger partial charge in [-0.2, -0.15) is 0 Å². The van der Waals surface area contributed by atoms with Crippen LogP contribution in [0.3, 0.4) is 0 Å². The molecule has 94 valence electrons. The fraction of sp³-hybridized carbons (Fsp3) is 0.0667. The molecule has 2 aromatic heterocycles. The minimum Gasteiger partial charge on any atom is -0.428 e. The number of benzene rings is 1. The molecule has 0 amide bonds. The van der Waals surface area contributed by atoms with Gasteiger partial charge in [0.1, 0.15) is 16.7 Å². The first-order valence-corrected chi connectivity index (χ1v) is 5.79. The first-order chi connectivity index (χ1) is 9.15. The molecule has 0 saturated carbocycles. The molecule has 3 rings (SSSR count). The van der Waals surface area contributed by atoms with Crippen molar-refractivity contribution in [2.45, 2.75) is 6.92 Å². The van der Waals surface area contributed by atoms with E-state index in [-0.39, 0.29) is 11.0 Å². The van der Waals surface area contributed by atoms with Gasteiger partial charge < -0.3 is 8.83 Å². The third kappa shape index (κ3) is 1.97. The number of aryl methyl sites for hydroxylation is 1. The summed E-state index contributed by atoms with van der Waals surface area (Å²) in [5.74, 6) is 0.408. The first-order valence-electron chi connectivity index (χ1n) is 5.79. The molecule has 0 fully saturated rings. The van der Waals surface area contributed by atoms with Crippen LogP contribution < -0.4 is 11.3 Å². The molecular weight excluding hydrogens is 244 g/mol. The van der Waals surface area contributed by atoms with Crippen molar-refractivity contribution in [3.63, 3.8) is 0 Å². The highest BCUT2D eigenvalue weighted by molar-refractivity contribution is 5.92. The van der Waals surface area contributed by atoms with Crippen molar-refractivity contribution >= 4 is 11.0 Å². The second-order valence-corrected chi connectivity index (χ2v) is 4.23. The predicted octanol–water partition coefficient (Wildman–Crippen LogP) is 2.72. The minimum atomic E-state index is -0.502. The van der Waals surface area contributed by atoms with Crippen molar-refractivity contribution in [1.82, 2.24) is 0 Å². The largest absolute Gasteiger partial charge is 0.428 e. The Balaban J connectivity index is 2.49. The van der Waals surface area contributed by atoms with E-state index < -0.39 is 11.3 Å². The van der Waals surface area contributed by atoms with Crippen molar-refractivity contribution in [2.24, 2.45) is 0 Å². The molecule has 0 radical (unpaired) electrons. The van der Waals surface area contributed by atoms with Gasteiger partial charge >= 0.3 is 11.3 Å². The Labute approximate surface area is 107 Å². The first kappa shape index (κ1) is 11.5. The molecule has 0 aliphatic heterocycles. The average Bonchev–Trinajstić information content (AvgIpc) is 2.38. The standard InChI is InChI=1S/C15H10O4/c1-9-7-12-14(15(17)18-9)11(8-13(16)19-12)10-5-3-2-4-6-10/h2-8H,1H3. The number of hydrogen-bond donors (Lipinski definition) is 0. The van der Waals surface area contributed by atoms with E-state index in [0.717, 1.165) is 5.56 Å². The molecule has 1 aromatic carbocycles. The Bertz CT molecular complexity index is 857. The highest BCUT2D eigenvalue weighted by Gasteiger charge is 2.12. The van der Waals surface area contributed by atoms with Crippen LogP contribution in [0, 0.1) is 6.92 Å². The summed E-state index contributed by atoms with van der Waals surface area (Å²) in [4.78, 5) is 23.6. The Morgan fingerprint density at radius 2 is 1.68 bits per heavy atom. The highest BCUT2D eigenvalue weighted by atomic mass is 16.4. The maximum atomic E-state index is 12.0. The second-order valence-electron chi connectivity index (χ2n) is 4.23. The summed E-state index contributed by atoms with van der Waals surface area (Å²) in [6.07, 6.45) is 0. The second kappa shape index (κ2) is 4.24. The van der Waals surface area contributed by atoms with Crippen LogP contribution in [0.5, 0.6) is 0 Å². The van der Waals surface area contributed by atoms with E-state index in [1.54, 1.807) is 13.0 Å². The zero-order valence-corrected chi connectivity index (χ0v) is 10.2. The molecule has 0 atom stereocenters. The summed E-state index contributed by atoms with van der Waals surface area (Å²) >= 11 is 0. The summed E-state index contributed by atoms with van der Waals surface area (Å²) < 4.78 is 10.1. The summed E-state index contributed by atoms with van der Waals surface area (Å²) in [5, 5.41) is 0.288. The summed E-state index contributed by atoms with van der Waals surface area (Å²) in [5.41, 5.74) is 0.561. The third-order valence-corrected chi connectivity index (χ3v) is 2.87. The van der Waals surface area contributed by atoms with Crippen molar-refractivity contribution in [3.05, 3.63) is 69.1 Å². The quantitative estimate of drug-likeness (QED) is 0.670. The van der Waals surface area contributed by atoms with E-state index >= 15 is 0 Å². The van der Waals surface area contributed by atoms with Gasteiger partial charge in [-0.3, -0.25) is 0 Å². The van der Waals surface area contributed by atoms with E-state index in [2.05, 4.69) is 0 Å². The van der Waals surface area contributed by atoms with Gasteiger partial charge in [0.2, 0.25) is 0 Å². The third-order valence-electron chi connectivity index (χ3n) is 2.87. The molecule has 0 N–H and O–H groups in total. The maximum Gasteiger partial charge on any atom is 0.347 e. The Morgan fingerprint density at radius 1 is 0.947 bits per heavy atom. The van der Waals surface area contributed by atoms with E-state index in [4.69, 9.17) is 8.83 Å². The average molecular weight is 254 g/mol. The van der Waals surface area contributed by atoms with Gasteiger partial charge in [-0.1, -0.05) is 30.3 Å². The van der Waals surface area contributed by atoms with Crippen LogP contribution >= 0.6 is 0 Å². The normalized spacial score (nSPS) is 10.8. The van der Waals surface area contributed by atoms with Gasteiger partial charge in [-0.05, 0) is 12.5 Å². The van der Waals surface area contributed by atoms with Crippen molar-refractivity contribution in [2.75, 3.05) is 0 Å². The van der Waals surface area contributed by atoms with E-state index in [1.165, 1.54) is 6.07 Å². The SMILES string of the molecule is Cc1cc2oc(=O)cc(-c3ccccc3)c2c(=O)o1. The molecule has 0 saturated heterocycles. The fourth-order valence-corrected chi connectivity index (χ4v) is 2.08. The van der Waals surface area contributed by atoms with Crippen LogP contribution in [0.1, 0.15) is 5.76 Å². The molecule has 19 heavy (non-hydrogen) atoms. The predicted molar refractivity (Wildman–Crippen MR) is 71.2 cm³/mol. The molecular formula is C15H10O4. The molecule has 0 aliphatic rings. The lowest BCUT2D eigenvalue weighted by Gasteiger charge is -2.04. The molecule has 0 aliphatic carbocycles. The summed E-state index contributed by atoms with van der Waals surface area (Å²) in [6.45, 7) is 1.63. The van der Waals surface area contributed by atoms with Crippen LogP contribution in [0.25, 0.3) is 22.1 Å². The van der Waals surface area contributed by atoms with Crippen molar-refractivity contribution in [1.29, 1.82) is 0 Å². The smallest absolute Gasteiger partial charge is 0.347 e. The lowest BCUT2D eigenvalue weighted by molar-refractivity contribution is 0.479. The Hall–Kier alpha value is -2.62. The Morgan fingerprint density at radius 3 is 2.42 bits per heavy atom. The van der Waals surface area contributed by atoms with E-state index in [9.17, 15) is 9.59 Å². The topological polar surface area (TPSA) is 60.4 Å². The lowest BCUT2D eigenvalue weighted by Crippen LogP contribution is -2.07. The van der Waals surface area contributed by atoms with Crippen LogP contribution in [0.15, 0.2) is 60.9 Å². The fourth-order valence-electron chi connectivity index (χ4n) is 2.08.